The molecule has 114 valence electrons. The van der Waals surface area contributed by atoms with Crippen molar-refractivity contribution in [1.82, 2.24) is 0 Å². The number of anilines is 2. The van der Waals surface area contributed by atoms with Gasteiger partial charge in [0.15, 0.2) is 6.10 Å². The van der Waals surface area contributed by atoms with Gasteiger partial charge in [-0.15, -0.1) is 0 Å². The monoisotopic (exact) mass is 302 g/mol. The quantitative estimate of drug-likeness (QED) is 0.811. The van der Waals surface area contributed by atoms with Gasteiger partial charge in [0.05, 0.1) is 5.69 Å². The highest BCUT2D eigenvalue weighted by atomic mass is 19.1. The molecule has 0 aliphatic rings. The number of hydrogen-bond donors (Lipinski definition) is 3. The third kappa shape index (κ3) is 3.89. The van der Waals surface area contributed by atoms with Gasteiger partial charge < -0.3 is 15.7 Å². The number of carbonyl (C=O) groups excluding carboxylic acids is 2. The largest absolute Gasteiger partial charge is 0.378 e. The summed E-state index contributed by atoms with van der Waals surface area (Å²) in [6.45, 7) is 1.32. The van der Waals surface area contributed by atoms with E-state index in [0.29, 0.717) is 11.3 Å². The van der Waals surface area contributed by atoms with Crippen LogP contribution in [0.25, 0.3) is 0 Å². The van der Waals surface area contributed by atoms with Crippen molar-refractivity contribution in [1.29, 1.82) is 0 Å². The second-order valence-electron chi connectivity index (χ2n) is 4.68. The molecule has 0 aliphatic heterocycles. The van der Waals surface area contributed by atoms with Gasteiger partial charge in [-0.05, 0) is 23.8 Å². The van der Waals surface area contributed by atoms with E-state index in [4.69, 9.17) is 0 Å². The fraction of sp³-hybridized carbons (Fsp3) is 0.125. The van der Waals surface area contributed by atoms with Crippen molar-refractivity contribution in [2.45, 2.75) is 13.0 Å². The van der Waals surface area contributed by atoms with Crippen LogP contribution in [0.4, 0.5) is 15.8 Å². The Bertz CT molecular complexity index is 689. The van der Waals surface area contributed by atoms with Gasteiger partial charge in [0.25, 0.3) is 5.91 Å². The molecule has 5 nitrogen and oxygen atoms in total. The summed E-state index contributed by atoms with van der Waals surface area (Å²) in [6, 6.07) is 12.1. The average molecular weight is 302 g/mol. The molecule has 0 fully saturated rings. The minimum atomic E-state index is -1.41. The molecule has 0 saturated heterocycles. The Kier molecular flexibility index (Phi) is 4.85. The number of benzene rings is 2. The highest BCUT2D eigenvalue weighted by Crippen LogP contribution is 2.22. The van der Waals surface area contributed by atoms with E-state index in [9.17, 15) is 19.1 Å². The van der Waals surface area contributed by atoms with Crippen LogP contribution in [0.2, 0.25) is 0 Å². The molecule has 22 heavy (non-hydrogen) atoms. The number of aliphatic hydroxyl groups excluding tert-OH is 1. The molecule has 6 heteroatoms. The molecule has 3 N–H and O–H groups in total. The first-order chi connectivity index (χ1) is 10.5. The topological polar surface area (TPSA) is 78.4 Å². The number of halogens is 1. The van der Waals surface area contributed by atoms with Crippen molar-refractivity contribution in [3.05, 3.63) is 59.9 Å². The lowest BCUT2D eigenvalue weighted by atomic mass is 10.1. The molecule has 0 aliphatic carbocycles. The van der Waals surface area contributed by atoms with Gasteiger partial charge in [0.1, 0.15) is 5.82 Å². The summed E-state index contributed by atoms with van der Waals surface area (Å²) < 4.78 is 13.7. The van der Waals surface area contributed by atoms with E-state index in [2.05, 4.69) is 10.6 Å². The lowest BCUT2D eigenvalue weighted by Crippen LogP contribution is -2.21. The Labute approximate surface area is 126 Å². The summed E-state index contributed by atoms with van der Waals surface area (Å²) >= 11 is 0. The predicted octanol–water partition coefficient (Wildman–Crippen LogP) is 2.46. The average Bonchev–Trinajstić information content (AvgIpc) is 2.50. The summed E-state index contributed by atoms with van der Waals surface area (Å²) in [4.78, 5) is 23.0. The maximum absolute atomic E-state index is 13.7. The standard InChI is InChI=1S/C16H15FN2O3/c1-10(20)18-12-7-8-13(17)14(9-12)19-16(22)15(21)11-5-3-2-4-6-11/h2-9,15,21H,1H3,(H,18,20)(H,19,22). The molecule has 2 aromatic rings. The van der Waals surface area contributed by atoms with Crippen molar-refractivity contribution in [3.8, 4) is 0 Å². The number of nitrogens with one attached hydrogen (secondary N) is 2. The molecule has 1 unspecified atom stereocenters. The second kappa shape index (κ2) is 6.82. The molecular formula is C16H15FN2O3. The van der Waals surface area contributed by atoms with Gasteiger partial charge in [-0.25, -0.2) is 4.39 Å². The summed E-state index contributed by atoms with van der Waals surface area (Å²) in [6.07, 6.45) is -1.41. The van der Waals surface area contributed by atoms with Gasteiger partial charge in [-0.1, -0.05) is 30.3 Å². The summed E-state index contributed by atoms with van der Waals surface area (Å²) in [7, 11) is 0. The maximum Gasteiger partial charge on any atom is 0.257 e. The minimum Gasteiger partial charge on any atom is -0.378 e. The molecule has 0 heterocycles. The van der Waals surface area contributed by atoms with Crippen molar-refractivity contribution in [2.24, 2.45) is 0 Å². The van der Waals surface area contributed by atoms with Crippen LogP contribution in [0.1, 0.15) is 18.6 Å². The van der Waals surface area contributed by atoms with Crippen molar-refractivity contribution < 1.29 is 19.1 Å². The third-order valence-electron chi connectivity index (χ3n) is 2.91. The van der Waals surface area contributed by atoms with Gasteiger partial charge in [0, 0.05) is 12.6 Å². The van der Waals surface area contributed by atoms with E-state index >= 15 is 0 Å². The van der Waals surface area contributed by atoms with Crippen LogP contribution in [0, 0.1) is 5.82 Å². The molecule has 0 aromatic heterocycles. The molecule has 2 aromatic carbocycles. The van der Waals surface area contributed by atoms with Crippen LogP contribution in [-0.4, -0.2) is 16.9 Å². The summed E-state index contributed by atoms with van der Waals surface area (Å²) in [5.41, 5.74) is 0.628. The Morgan fingerprint density at radius 2 is 1.77 bits per heavy atom. The van der Waals surface area contributed by atoms with E-state index < -0.39 is 17.8 Å². The van der Waals surface area contributed by atoms with Crippen molar-refractivity contribution in [3.63, 3.8) is 0 Å². The van der Waals surface area contributed by atoms with E-state index in [-0.39, 0.29) is 11.6 Å². The number of amides is 2. The number of carbonyl (C=O) groups is 2. The molecule has 0 radical (unpaired) electrons. The van der Waals surface area contributed by atoms with Crippen LogP contribution in [0.5, 0.6) is 0 Å². The zero-order valence-electron chi connectivity index (χ0n) is 11.8. The van der Waals surface area contributed by atoms with E-state index in [1.165, 1.54) is 19.1 Å². The number of aliphatic hydroxyl groups is 1. The third-order valence-corrected chi connectivity index (χ3v) is 2.91. The minimum absolute atomic E-state index is 0.119. The fourth-order valence-electron chi connectivity index (χ4n) is 1.89. The molecular weight excluding hydrogens is 287 g/mol. The normalized spacial score (nSPS) is 11.6. The molecule has 0 bridgehead atoms. The van der Waals surface area contributed by atoms with E-state index in [1.54, 1.807) is 30.3 Å². The zero-order chi connectivity index (χ0) is 16.1. The van der Waals surface area contributed by atoms with Crippen molar-refractivity contribution >= 4 is 23.2 Å². The van der Waals surface area contributed by atoms with Crippen LogP contribution in [0.15, 0.2) is 48.5 Å². The molecule has 0 spiro atoms. The first-order valence-corrected chi connectivity index (χ1v) is 6.58. The van der Waals surface area contributed by atoms with E-state index in [0.717, 1.165) is 6.07 Å². The van der Waals surface area contributed by atoms with Gasteiger partial charge in [-0.2, -0.15) is 0 Å². The van der Waals surface area contributed by atoms with Crippen LogP contribution in [0.3, 0.4) is 0 Å². The molecule has 2 rings (SSSR count). The SMILES string of the molecule is CC(=O)Nc1ccc(F)c(NC(=O)C(O)c2ccccc2)c1. The predicted molar refractivity (Wildman–Crippen MR) is 80.7 cm³/mol. The Morgan fingerprint density at radius 3 is 2.41 bits per heavy atom. The smallest absolute Gasteiger partial charge is 0.257 e. The Balaban J connectivity index is 2.15. The van der Waals surface area contributed by atoms with E-state index in [1.807, 2.05) is 0 Å². The lowest BCUT2D eigenvalue weighted by Gasteiger charge is -2.13. The van der Waals surface area contributed by atoms with Crippen molar-refractivity contribution in [2.75, 3.05) is 10.6 Å². The van der Waals surface area contributed by atoms with Gasteiger partial charge >= 0.3 is 0 Å². The summed E-state index contributed by atoms with van der Waals surface area (Å²) in [5, 5.41) is 14.7. The lowest BCUT2D eigenvalue weighted by molar-refractivity contribution is -0.124. The fourth-order valence-corrected chi connectivity index (χ4v) is 1.89. The highest BCUT2D eigenvalue weighted by Gasteiger charge is 2.18. The first kappa shape index (κ1) is 15.7. The Hall–Kier alpha value is -2.73. The maximum atomic E-state index is 13.7. The first-order valence-electron chi connectivity index (χ1n) is 6.58. The molecule has 1 atom stereocenters. The van der Waals surface area contributed by atoms with Gasteiger partial charge in [-0.3, -0.25) is 9.59 Å². The number of rotatable bonds is 4. The molecule has 2 amide bonds. The molecule has 0 saturated carbocycles. The second-order valence-corrected chi connectivity index (χ2v) is 4.68. The Morgan fingerprint density at radius 1 is 1.09 bits per heavy atom. The van der Waals surface area contributed by atoms with Crippen LogP contribution in [-0.2, 0) is 9.59 Å². The zero-order valence-corrected chi connectivity index (χ0v) is 11.8. The van der Waals surface area contributed by atoms with Gasteiger partial charge in [0.2, 0.25) is 5.91 Å². The van der Waals surface area contributed by atoms with Crippen LogP contribution < -0.4 is 10.6 Å². The number of hydrogen-bond acceptors (Lipinski definition) is 3. The highest BCUT2D eigenvalue weighted by molar-refractivity contribution is 5.96. The summed E-state index contributed by atoms with van der Waals surface area (Å²) in [5.74, 6) is -1.74. The van der Waals surface area contributed by atoms with Crippen LogP contribution >= 0.6 is 0 Å².